The third-order valence-electron chi connectivity index (χ3n) is 11.1. The Morgan fingerprint density at radius 3 is 1.46 bits per heavy atom. The standard InChI is InChI=1S/C27H43BrN2O6.C27H44N2O6/c1-18(2)30(20-11-9-12-29(17-20)26(32)36-27(5,6)7)25(31)21-15-23(34-14-10-13-33-8)24(16-22(21)28)35-19(3)4;1-19(2)29(22-11-9-14-28(18-22)26(31)35-27(5,6)7)25(30)21-12-13-23(34-20(3)4)24(17-21)33-16-10-15-32-8/h15-16,18-20H,9-14,17H2,1-8H3;12-13,17,19-20,22H,9-11,14-16,18H2,1-8H3/t20-;22-/m11/s1. The van der Waals surface area contributed by atoms with Crippen molar-refractivity contribution in [2.75, 3.05) is 66.8 Å². The van der Waals surface area contributed by atoms with Gasteiger partial charge in [-0.25, -0.2) is 9.59 Å². The number of methoxy groups -OCH3 is 2. The van der Waals surface area contributed by atoms with Crippen LogP contribution in [0.1, 0.15) is 156 Å². The molecule has 2 aromatic rings. The van der Waals surface area contributed by atoms with Crippen LogP contribution in [0.15, 0.2) is 34.8 Å². The van der Waals surface area contributed by atoms with Crippen molar-refractivity contribution in [3.63, 3.8) is 0 Å². The van der Waals surface area contributed by atoms with Gasteiger partial charge in [0.1, 0.15) is 11.2 Å². The predicted octanol–water partition coefficient (Wildman–Crippen LogP) is 11.0. The number of rotatable bonds is 20. The molecule has 16 nitrogen and oxygen atoms in total. The molecular formula is C54H87BrN4O12. The number of amides is 4. The summed E-state index contributed by atoms with van der Waals surface area (Å²) in [5.41, 5.74) is -0.0965. The molecule has 2 saturated heterocycles. The molecule has 0 unspecified atom stereocenters. The average molecular weight is 1060 g/mol. The molecule has 71 heavy (non-hydrogen) atoms. The maximum atomic E-state index is 13.9. The largest absolute Gasteiger partial charge is 0.490 e. The molecule has 0 N–H and O–H groups in total. The summed E-state index contributed by atoms with van der Waals surface area (Å²) >= 11 is 3.59. The molecule has 0 saturated carbocycles. The van der Waals surface area contributed by atoms with Crippen LogP contribution >= 0.6 is 15.9 Å². The van der Waals surface area contributed by atoms with E-state index in [1.54, 1.807) is 54.4 Å². The van der Waals surface area contributed by atoms with E-state index in [0.717, 1.165) is 38.5 Å². The van der Waals surface area contributed by atoms with E-state index >= 15 is 0 Å². The number of carbonyl (C=O) groups is 4. The number of hydrogen-bond acceptors (Lipinski definition) is 12. The average Bonchev–Trinajstić information content (AvgIpc) is 3.26. The minimum atomic E-state index is -0.568. The van der Waals surface area contributed by atoms with E-state index in [1.165, 1.54) is 0 Å². The molecule has 2 aliphatic rings. The molecule has 2 atom stereocenters. The molecule has 0 aromatic heterocycles. The van der Waals surface area contributed by atoms with Gasteiger partial charge in [-0.15, -0.1) is 0 Å². The zero-order valence-corrected chi connectivity index (χ0v) is 47.4. The molecule has 2 fully saturated rings. The Balaban J connectivity index is 0.000000375. The molecule has 0 aliphatic carbocycles. The molecule has 0 radical (unpaired) electrons. The zero-order valence-electron chi connectivity index (χ0n) is 45.8. The normalized spacial score (nSPS) is 16.4. The second-order valence-corrected chi connectivity index (χ2v) is 22.1. The van der Waals surface area contributed by atoms with Gasteiger partial charge in [0.05, 0.1) is 43.1 Å². The first-order valence-corrected chi connectivity index (χ1v) is 26.2. The van der Waals surface area contributed by atoms with E-state index in [4.69, 9.17) is 37.9 Å². The van der Waals surface area contributed by atoms with Crippen LogP contribution in [0.5, 0.6) is 23.0 Å². The van der Waals surface area contributed by atoms with E-state index in [9.17, 15) is 19.2 Å². The predicted molar refractivity (Wildman–Crippen MR) is 280 cm³/mol. The first-order chi connectivity index (χ1) is 33.3. The fraction of sp³-hybridized carbons (Fsp3) is 0.704. The van der Waals surface area contributed by atoms with Crippen LogP contribution in [-0.4, -0.2) is 158 Å². The number of carbonyl (C=O) groups excluding carboxylic acids is 4. The van der Waals surface area contributed by atoms with Crippen LogP contribution in [0.25, 0.3) is 0 Å². The fourth-order valence-corrected chi connectivity index (χ4v) is 8.81. The lowest BCUT2D eigenvalue weighted by molar-refractivity contribution is 0.00723. The Kier molecular flexibility index (Phi) is 24.6. The lowest BCUT2D eigenvalue weighted by Crippen LogP contribution is -2.54. The fourth-order valence-electron chi connectivity index (χ4n) is 8.31. The number of benzene rings is 2. The van der Waals surface area contributed by atoms with Crippen LogP contribution in [0.3, 0.4) is 0 Å². The van der Waals surface area contributed by atoms with E-state index in [1.807, 2.05) is 107 Å². The summed E-state index contributed by atoms with van der Waals surface area (Å²) in [5.74, 6) is 2.05. The van der Waals surface area contributed by atoms with Crippen molar-refractivity contribution < 1.29 is 57.1 Å². The Bertz CT molecular complexity index is 2000. The van der Waals surface area contributed by atoms with Crippen molar-refractivity contribution in [3.05, 3.63) is 45.9 Å². The molecule has 2 aromatic carbocycles. The third-order valence-corrected chi connectivity index (χ3v) is 11.8. The van der Waals surface area contributed by atoms with E-state index in [0.29, 0.717) is 91.2 Å². The maximum absolute atomic E-state index is 13.9. The summed E-state index contributed by atoms with van der Waals surface area (Å²) < 4.78 is 45.8. The van der Waals surface area contributed by atoms with Gasteiger partial charge in [0.15, 0.2) is 23.0 Å². The van der Waals surface area contributed by atoms with Gasteiger partial charge in [0.2, 0.25) is 0 Å². The lowest BCUT2D eigenvalue weighted by atomic mass is 10.0. The van der Waals surface area contributed by atoms with E-state index in [-0.39, 0.29) is 60.4 Å². The summed E-state index contributed by atoms with van der Waals surface area (Å²) in [6, 6.07) is 8.57. The highest BCUT2D eigenvalue weighted by Crippen LogP contribution is 2.37. The van der Waals surface area contributed by atoms with Crippen molar-refractivity contribution >= 4 is 39.9 Å². The van der Waals surface area contributed by atoms with Crippen LogP contribution in [0.2, 0.25) is 0 Å². The van der Waals surface area contributed by atoms with Crippen LogP contribution in [0.4, 0.5) is 9.59 Å². The van der Waals surface area contributed by atoms with Gasteiger partial charge in [-0.2, -0.15) is 0 Å². The van der Waals surface area contributed by atoms with E-state index < -0.39 is 11.2 Å². The molecular weight excluding hydrogens is 977 g/mol. The zero-order chi connectivity index (χ0) is 53.2. The molecule has 4 rings (SSSR count). The molecule has 2 aliphatic heterocycles. The van der Waals surface area contributed by atoms with Crippen LogP contribution in [0, 0.1) is 0 Å². The summed E-state index contributed by atoms with van der Waals surface area (Å²) in [6.07, 6.45) is 3.97. The Morgan fingerprint density at radius 1 is 0.606 bits per heavy atom. The second kappa shape index (κ2) is 28.7. The summed E-state index contributed by atoms with van der Waals surface area (Å²) in [6.45, 7) is 31.2. The maximum Gasteiger partial charge on any atom is 0.410 e. The first kappa shape index (κ1) is 60.8. The monoisotopic (exact) mass is 1060 g/mol. The van der Waals surface area contributed by atoms with Crippen molar-refractivity contribution in [1.29, 1.82) is 0 Å². The topological polar surface area (TPSA) is 155 Å². The molecule has 0 bridgehead atoms. The number of nitrogens with zero attached hydrogens (tertiary/aromatic N) is 4. The molecule has 0 spiro atoms. The molecule has 402 valence electrons. The minimum Gasteiger partial charge on any atom is -0.490 e. The summed E-state index contributed by atoms with van der Waals surface area (Å²) in [7, 11) is 3.31. The third kappa shape index (κ3) is 20.2. The quantitative estimate of drug-likeness (QED) is 0.116. The summed E-state index contributed by atoms with van der Waals surface area (Å²) in [5, 5.41) is 0. The van der Waals surface area contributed by atoms with Gasteiger partial charge >= 0.3 is 12.2 Å². The SMILES string of the molecule is COCCCOc1cc(C(=O)N(C(C)C)[C@@H]2CCCN(C(=O)OC(C)(C)C)C2)c(Br)cc1OC(C)C.COCCCOc1cc(C(=O)N(C(C)C)[C@@H]2CCCN(C(=O)OC(C)(C)C)C2)ccc1OC(C)C. The van der Waals surface area contributed by atoms with E-state index in [2.05, 4.69) is 15.9 Å². The van der Waals surface area contributed by atoms with Gasteiger partial charge < -0.3 is 57.5 Å². The van der Waals surface area contributed by atoms with Crippen molar-refractivity contribution in [2.24, 2.45) is 0 Å². The van der Waals surface area contributed by atoms with Gasteiger partial charge in [0, 0.05) is 88.6 Å². The van der Waals surface area contributed by atoms with Crippen LogP contribution < -0.4 is 18.9 Å². The highest BCUT2D eigenvalue weighted by molar-refractivity contribution is 9.10. The second-order valence-electron chi connectivity index (χ2n) is 21.2. The Labute approximate surface area is 433 Å². The van der Waals surface area contributed by atoms with Crippen molar-refractivity contribution in [3.8, 4) is 23.0 Å². The molecule has 2 heterocycles. The Morgan fingerprint density at radius 2 is 1.04 bits per heavy atom. The molecule has 4 amide bonds. The number of likely N-dealkylation sites (tertiary alicyclic amines) is 2. The van der Waals surface area contributed by atoms with Crippen molar-refractivity contribution in [1.82, 2.24) is 19.6 Å². The minimum absolute atomic E-state index is 0.0221. The van der Waals surface area contributed by atoms with Crippen molar-refractivity contribution in [2.45, 2.75) is 183 Å². The highest BCUT2D eigenvalue weighted by atomic mass is 79.9. The lowest BCUT2D eigenvalue weighted by Gasteiger charge is -2.41. The highest BCUT2D eigenvalue weighted by Gasteiger charge is 2.37. The van der Waals surface area contributed by atoms with Crippen LogP contribution in [-0.2, 0) is 18.9 Å². The smallest absolute Gasteiger partial charge is 0.410 e. The number of halogens is 1. The van der Waals surface area contributed by atoms with Gasteiger partial charge in [-0.3, -0.25) is 9.59 Å². The number of piperidine rings is 2. The first-order valence-electron chi connectivity index (χ1n) is 25.4. The number of ether oxygens (including phenoxy) is 8. The summed E-state index contributed by atoms with van der Waals surface area (Å²) in [4.78, 5) is 60.2. The number of hydrogen-bond donors (Lipinski definition) is 0. The van der Waals surface area contributed by atoms with Gasteiger partial charge in [0.25, 0.3) is 11.8 Å². The van der Waals surface area contributed by atoms with Gasteiger partial charge in [-0.05, 0) is 169 Å². The Hall–Kier alpha value is -4.48. The molecule has 17 heteroatoms. The van der Waals surface area contributed by atoms with Gasteiger partial charge in [-0.1, -0.05) is 0 Å².